The zero-order chi connectivity index (χ0) is 7.56. The first-order valence-corrected chi connectivity index (χ1v) is 3.48. The summed E-state index contributed by atoms with van der Waals surface area (Å²) < 4.78 is 0. The molecule has 0 bridgehead atoms. The topological polar surface area (TPSA) is 3.24 Å². The first-order chi connectivity index (χ1) is 4.74. The van der Waals surface area contributed by atoms with Gasteiger partial charge < -0.3 is 4.90 Å². The molecule has 1 aliphatic rings. The van der Waals surface area contributed by atoms with Crippen LogP contribution in [0.5, 0.6) is 0 Å². The molecule has 1 heterocycles. The molecular formula is C9H13N. The number of rotatable bonds is 1. The number of likely N-dealkylation sites (N-methyl/N-ethyl adjacent to an activating group) is 1. The third kappa shape index (κ3) is 1.29. The Labute approximate surface area is 62.3 Å². The second-order valence-corrected chi connectivity index (χ2v) is 2.60. The zero-order valence-corrected chi connectivity index (χ0v) is 6.54. The third-order valence-electron chi connectivity index (χ3n) is 1.80. The highest BCUT2D eigenvalue weighted by Gasteiger charge is 2.04. The zero-order valence-electron chi connectivity index (χ0n) is 6.54. The molecule has 0 aromatic carbocycles. The number of hydrogen-bond donors (Lipinski definition) is 0. The van der Waals surface area contributed by atoms with Crippen LogP contribution >= 0.6 is 0 Å². The second kappa shape index (κ2) is 2.74. The van der Waals surface area contributed by atoms with E-state index in [0.717, 1.165) is 0 Å². The van der Waals surface area contributed by atoms with Gasteiger partial charge in [-0.2, -0.15) is 0 Å². The molecule has 1 heteroatoms. The van der Waals surface area contributed by atoms with Gasteiger partial charge in [-0.1, -0.05) is 24.8 Å². The normalized spacial score (nSPS) is 24.4. The number of nitrogens with zero attached hydrogens (tertiary/aromatic N) is 1. The largest absolute Gasteiger partial charge is 0.374 e. The van der Waals surface area contributed by atoms with Gasteiger partial charge in [0.2, 0.25) is 0 Å². The van der Waals surface area contributed by atoms with E-state index in [1.54, 1.807) is 0 Å². The van der Waals surface area contributed by atoms with Crippen molar-refractivity contribution in [1.82, 2.24) is 4.90 Å². The van der Waals surface area contributed by atoms with Crippen LogP contribution in [0, 0.1) is 0 Å². The molecule has 54 valence electrons. The van der Waals surface area contributed by atoms with E-state index in [-0.39, 0.29) is 0 Å². The van der Waals surface area contributed by atoms with Crippen LogP contribution in [0.15, 0.2) is 36.6 Å². The Bertz CT molecular complexity index is 189. The summed E-state index contributed by atoms with van der Waals surface area (Å²) in [4.78, 5) is 2.16. The van der Waals surface area contributed by atoms with E-state index < -0.39 is 0 Å². The van der Waals surface area contributed by atoms with Crippen LogP contribution in [0.1, 0.15) is 6.92 Å². The Hall–Kier alpha value is -0.980. The Kier molecular flexibility index (Phi) is 1.95. The van der Waals surface area contributed by atoms with Gasteiger partial charge in [-0.15, -0.1) is 0 Å². The Balaban J connectivity index is 2.75. The van der Waals surface area contributed by atoms with Crippen molar-refractivity contribution < 1.29 is 0 Å². The SMILES string of the molecule is C=CC1=CN(C)C(C)C=C1. The van der Waals surface area contributed by atoms with Gasteiger partial charge in [0.25, 0.3) is 0 Å². The molecule has 0 saturated carbocycles. The minimum absolute atomic E-state index is 0.517. The highest BCUT2D eigenvalue weighted by atomic mass is 15.1. The van der Waals surface area contributed by atoms with Crippen molar-refractivity contribution in [3.8, 4) is 0 Å². The van der Waals surface area contributed by atoms with E-state index >= 15 is 0 Å². The summed E-state index contributed by atoms with van der Waals surface area (Å²) in [6.07, 6.45) is 8.21. The van der Waals surface area contributed by atoms with Crippen molar-refractivity contribution in [3.05, 3.63) is 36.6 Å². The predicted octanol–water partition coefficient (Wildman–Crippen LogP) is 1.95. The van der Waals surface area contributed by atoms with Gasteiger partial charge in [-0.3, -0.25) is 0 Å². The van der Waals surface area contributed by atoms with Crippen molar-refractivity contribution in [3.63, 3.8) is 0 Å². The maximum absolute atomic E-state index is 3.70. The lowest BCUT2D eigenvalue weighted by Gasteiger charge is -2.23. The molecule has 0 N–H and O–H groups in total. The van der Waals surface area contributed by atoms with Crippen LogP contribution in [0.4, 0.5) is 0 Å². The highest BCUT2D eigenvalue weighted by molar-refractivity contribution is 5.32. The Morgan fingerprint density at radius 2 is 2.40 bits per heavy atom. The van der Waals surface area contributed by atoms with Gasteiger partial charge in [-0.25, -0.2) is 0 Å². The lowest BCUT2D eigenvalue weighted by atomic mass is 10.1. The molecule has 0 aliphatic carbocycles. The fraction of sp³-hybridized carbons (Fsp3) is 0.333. The van der Waals surface area contributed by atoms with Gasteiger partial charge in [0, 0.05) is 19.3 Å². The summed E-state index contributed by atoms with van der Waals surface area (Å²) in [6, 6.07) is 0.517. The minimum Gasteiger partial charge on any atom is -0.374 e. The molecule has 0 amide bonds. The average molecular weight is 135 g/mol. The lowest BCUT2D eigenvalue weighted by Crippen LogP contribution is -2.23. The van der Waals surface area contributed by atoms with Crippen molar-refractivity contribution in [2.24, 2.45) is 0 Å². The molecule has 1 aliphatic heterocycles. The van der Waals surface area contributed by atoms with Crippen LogP contribution in [0.3, 0.4) is 0 Å². The molecule has 0 spiro atoms. The fourth-order valence-electron chi connectivity index (χ4n) is 0.903. The summed E-state index contributed by atoms with van der Waals surface area (Å²) in [6.45, 7) is 5.86. The number of allylic oxidation sites excluding steroid dienone is 3. The van der Waals surface area contributed by atoms with Crippen LogP contribution in [-0.2, 0) is 0 Å². The maximum atomic E-state index is 3.70. The molecule has 1 rings (SSSR count). The monoisotopic (exact) mass is 135 g/mol. The molecule has 0 saturated heterocycles. The second-order valence-electron chi connectivity index (χ2n) is 2.60. The summed E-state index contributed by atoms with van der Waals surface area (Å²) in [5.41, 5.74) is 1.18. The Morgan fingerprint density at radius 3 is 2.90 bits per heavy atom. The smallest absolute Gasteiger partial charge is 0.0439 e. The average Bonchev–Trinajstić information content (AvgIpc) is 1.95. The van der Waals surface area contributed by atoms with Crippen LogP contribution in [0.2, 0.25) is 0 Å². The lowest BCUT2D eigenvalue weighted by molar-refractivity contribution is 0.401. The van der Waals surface area contributed by atoms with Crippen LogP contribution in [-0.4, -0.2) is 18.0 Å². The van der Waals surface area contributed by atoms with Crippen molar-refractivity contribution >= 4 is 0 Å². The van der Waals surface area contributed by atoms with Crippen LogP contribution in [0.25, 0.3) is 0 Å². The van der Waals surface area contributed by atoms with Crippen molar-refractivity contribution in [1.29, 1.82) is 0 Å². The first kappa shape index (κ1) is 7.13. The van der Waals surface area contributed by atoms with Gasteiger partial charge in [-0.05, 0) is 12.5 Å². The molecule has 0 aromatic rings. The van der Waals surface area contributed by atoms with E-state index in [2.05, 4.69) is 43.8 Å². The molecule has 10 heavy (non-hydrogen) atoms. The summed E-state index contributed by atoms with van der Waals surface area (Å²) in [7, 11) is 2.07. The van der Waals surface area contributed by atoms with Gasteiger partial charge in [0.15, 0.2) is 0 Å². The Morgan fingerprint density at radius 1 is 1.70 bits per heavy atom. The van der Waals surface area contributed by atoms with E-state index in [1.165, 1.54) is 5.57 Å². The number of hydrogen-bond acceptors (Lipinski definition) is 1. The van der Waals surface area contributed by atoms with E-state index in [4.69, 9.17) is 0 Å². The van der Waals surface area contributed by atoms with Gasteiger partial charge in [0.05, 0.1) is 0 Å². The molecule has 1 atom stereocenters. The summed E-state index contributed by atoms with van der Waals surface area (Å²) >= 11 is 0. The molecule has 1 unspecified atom stereocenters. The summed E-state index contributed by atoms with van der Waals surface area (Å²) in [5, 5.41) is 0. The predicted molar refractivity (Wildman–Crippen MR) is 44.6 cm³/mol. The standard InChI is InChI=1S/C9H13N/c1-4-9-6-5-8(2)10(3)7-9/h4-8H,1H2,2-3H3. The highest BCUT2D eigenvalue weighted by Crippen LogP contribution is 2.11. The molecular weight excluding hydrogens is 122 g/mol. The minimum atomic E-state index is 0.517. The summed E-state index contributed by atoms with van der Waals surface area (Å²) in [5.74, 6) is 0. The van der Waals surface area contributed by atoms with E-state index in [1.807, 2.05) is 6.08 Å². The van der Waals surface area contributed by atoms with Crippen molar-refractivity contribution in [2.45, 2.75) is 13.0 Å². The third-order valence-corrected chi connectivity index (χ3v) is 1.80. The quantitative estimate of drug-likeness (QED) is 0.531. The first-order valence-electron chi connectivity index (χ1n) is 3.48. The maximum Gasteiger partial charge on any atom is 0.0439 e. The van der Waals surface area contributed by atoms with Crippen molar-refractivity contribution in [2.75, 3.05) is 7.05 Å². The molecule has 0 radical (unpaired) electrons. The van der Waals surface area contributed by atoms with Gasteiger partial charge >= 0.3 is 0 Å². The molecule has 0 fully saturated rings. The van der Waals surface area contributed by atoms with Gasteiger partial charge in [0.1, 0.15) is 0 Å². The molecule has 0 aromatic heterocycles. The molecule has 1 nitrogen and oxygen atoms in total. The fourth-order valence-corrected chi connectivity index (χ4v) is 0.903. The van der Waals surface area contributed by atoms with E-state index in [0.29, 0.717) is 6.04 Å². The van der Waals surface area contributed by atoms with Crippen LogP contribution < -0.4 is 0 Å². The van der Waals surface area contributed by atoms with E-state index in [9.17, 15) is 0 Å².